The van der Waals surface area contributed by atoms with Crippen molar-refractivity contribution < 1.29 is 23.1 Å². The Balaban J connectivity index is 1.31. The van der Waals surface area contributed by atoms with E-state index in [1.54, 1.807) is 4.90 Å². The van der Waals surface area contributed by atoms with Gasteiger partial charge in [-0.05, 0) is 68.4 Å². The average Bonchev–Trinajstić information content (AvgIpc) is 2.84. The summed E-state index contributed by atoms with van der Waals surface area (Å²) in [5, 5.41) is 0. The lowest BCUT2D eigenvalue weighted by Gasteiger charge is -2.32. The molecule has 4 rings (SSSR count). The second-order valence-electron chi connectivity index (χ2n) is 8.52. The first-order valence-corrected chi connectivity index (χ1v) is 11.3. The number of rotatable bonds is 5. The van der Waals surface area contributed by atoms with Crippen LogP contribution in [0.25, 0.3) is 0 Å². The summed E-state index contributed by atoms with van der Waals surface area (Å²) in [5.74, 6) is -1.40. The van der Waals surface area contributed by atoms with E-state index < -0.39 is 11.6 Å². The molecule has 5 nitrogen and oxygen atoms in total. The lowest BCUT2D eigenvalue weighted by Crippen LogP contribution is -2.39. The van der Waals surface area contributed by atoms with Crippen LogP contribution in [0.2, 0.25) is 0 Å². The molecule has 2 saturated heterocycles. The number of ether oxygens (including phenoxy) is 1. The maximum atomic E-state index is 13.4. The number of piperidine rings is 2. The van der Waals surface area contributed by atoms with Crippen molar-refractivity contribution in [3.63, 3.8) is 0 Å². The fourth-order valence-corrected chi connectivity index (χ4v) is 4.36. The minimum absolute atomic E-state index is 0.0206. The molecule has 2 fully saturated rings. The Morgan fingerprint density at radius 3 is 2.25 bits per heavy atom. The first-order chi connectivity index (χ1) is 15.5. The van der Waals surface area contributed by atoms with E-state index in [0.29, 0.717) is 31.0 Å². The Labute approximate surface area is 187 Å². The standard InChI is InChI=1S/C25H28F2N2O3/c26-21-9-8-19(16-22(21)27)24(30)29-14-10-18(11-15-29)17-32-23-7-3-2-6-20(23)25(31)28-12-4-1-5-13-28/h2-3,6-9,16,18H,1,4-5,10-15,17H2. The molecule has 0 atom stereocenters. The Bertz CT molecular complexity index is 967. The Hall–Kier alpha value is -2.96. The first kappa shape index (κ1) is 22.2. The molecule has 170 valence electrons. The summed E-state index contributed by atoms with van der Waals surface area (Å²) >= 11 is 0. The molecular formula is C25H28F2N2O3. The van der Waals surface area contributed by atoms with Crippen LogP contribution in [0, 0.1) is 17.6 Å². The van der Waals surface area contributed by atoms with Crippen LogP contribution >= 0.6 is 0 Å². The molecule has 2 amide bonds. The van der Waals surface area contributed by atoms with Gasteiger partial charge in [-0.1, -0.05) is 12.1 Å². The largest absolute Gasteiger partial charge is 0.492 e. The number of carbonyl (C=O) groups is 2. The average molecular weight is 443 g/mol. The molecule has 0 saturated carbocycles. The molecule has 0 radical (unpaired) electrons. The fraction of sp³-hybridized carbons (Fsp3) is 0.440. The summed E-state index contributed by atoms with van der Waals surface area (Å²) in [7, 11) is 0. The maximum Gasteiger partial charge on any atom is 0.257 e. The molecule has 0 bridgehead atoms. The highest BCUT2D eigenvalue weighted by molar-refractivity contribution is 5.97. The van der Waals surface area contributed by atoms with Crippen LogP contribution in [0.5, 0.6) is 5.75 Å². The van der Waals surface area contributed by atoms with Crippen LogP contribution in [-0.4, -0.2) is 54.4 Å². The summed E-state index contributed by atoms with van der Waals surface area (Å²) in [6.07, 6.45) is 4.74. The third kappa shape index (κ3) is 5.09. The molecule has 32 heavy (non-hydrogen) atoms. The van der Waals surface area contributed by atoms with Crippen LogP contribution in [0.4, 0.5) is 8.78 Å². The SMILES string of the molecule is O=C(c1ccc(F)c(F)c1)N1CCC(COc2ccccc2C(=O)N2CCCCC2)CC1. The highest BCUT2D eigenvalue weighted by Gasteiger charge is 2.26. The summed E-state index contributed by atoms with van der Waals surface area (Å²) < 4.78 is 32.6. The number of amides is 2. The van der Waals surface area contributed by atoms with E-state index in [-0.39, 0.29) is 23.3 Å². The van der Waals surface area contributed by atoms with Crippen molar-refractivity contribution in [2.24, 2.45) is 5.92 Å². The zero-order chi connectivity index (χ0) is 22.5. The van der Waals surface area contributed by atoms with Gasteiger partial charge >= 0.3 is 0 Å². The molecule has 2 aliphatic heterocycles. The third-order valence-corrected chi connectivity index (χ3v) is 6.30. The van der Waals surface area contributed by atoms with Crippen molar-refractivity contribution in [3.05, 3.63) is 65.2 Å². The quantitative estimate of drug-likeness (QED) is 0.684. The minimum atomic E-state index is -1.02. The lowest BCUT2D eigenvalue weighted by molar-refractivity contribution is 0.0652. The van der Waals surface area contributed by atoms with Gasteiger partial charge in [0.25, 0.3) is 11.8 Å². The Kier molecular flexibility index (Phi) is 7.02. The van der Waals surface area contributed by atoms with Crippen molar-refractivity contribution in [1.29, 1.82) is 0 Å². The Morgan fingerprint density at radius 2 is 1.53 bits per heavy atom. The van der Waals surface area contributed by atoms with Gasteiger partial charge in [0.2, 0.25) is 0 Å². The highest BCUT2D eigenvalue weighted by Crippen LogP contribution is 2.25. The van der Waals surface area contributed by atoms with E-state index in [1.165, 1.54) is 12.5 Å². The molecule has 2 heterocycles. The maximum absolute atomic E-state index is 13.4. The monoisotopic (exact) mass is 442 g/mol. The van der Waals surface area contributed by atoms with E-state index in [0.717, 1.165) is 50.9 Å². The topological polar surface area (TPSA) is 49.9 Å². The third-order valence-electron chi connectivity index (χ3n) is 6.30. The highest BCUT2D eigenvalue weighted by atomic mass is 19.2. The van der Waals surface area contributed by atoms with Crippen LogP contribution < -0.4 is 4.74 Å². The molecule has 0 aliphatic carbocycles. The zero-order valence-corrected chi connectivity index (χ0v) is 18.1. The van der Waals surface area contributed by atoms with Crippen molar-refractivity contribution in [2.75, 3.05) is 32.8 Å². The summed E-state index contributed by atoms with van der Waals surface area (Å²) in [5.41, 5.74) is 0.754. The normalized spacial score (nSPS) is 17.3. The molecule has 7 heteroatoms. The van der Waals surface area contributed by atoms with Gasteiger partial charge in [-0.3, -0.25) is 9.59 Å². The number of benzene rings is 2. The lowest BCUT2D eigenvalue weighted by atomic mass is 9.97. The van der Waals surface area contributed by atoms with Crippen LogP contribution in [0.15, 0.2) is 42.5 Å². The minimum Gasteiger partial charge on any atom is -0.492 e. The number of carbonyl (C=O) groups excluding carboxylic acids is 2. The molecule has 2 aliphatic rings. The van der Waals surface area contributed by atoms with Gasteiger partial charge in [-0.25, -0.2) is 8.78 Å². The smallest absolute Gasteiger partial charge is 0.257 e. The van der Waals surface area contributed by atoms with Crippen molar-refractivity contribution in [3.8, 4) is 5.75 Å². The van der Waals surface area contributed by atoms with Crippen LogP contribution in [0.1, 0.15) is 52.8 Å². The molecule has 0 aromatic heterocycles. The second-order valence-corrected chi connectivity index (χ2v) is 8.52. The van der Waals surface area contributed by atoms with Crippen molar-refractivity contribution >= 4 is 11.8 Å². The predicted molar refractivity (Wildman–Crippen MR) is 117 cm³/mol. The zero-order valence-electron chi connectivity index (χ0n) is 18.1. The van der Waals surface area contributed by atoms with Crippen molar-refractivity contribution in [1.82, 2.24) is 9.80 Å². The number of nitrogens with zero attached hydrogens (tertiary/aromatic N) is 2. The number of hydrogen-bond acceptors (Lipinski definition) is 3. The number of para-hydroxylation sites is 1. The molecule has 0 N–H and O–H groups in total. The molecule has 0 unspecified atom stereocenters. The van der Waals surface area contributed by atoms with E-state index in [9.17, 15) is 18.4 Å². The van der Waals surface area contributed by atoms with Gasteiger partial charge < -0.3 is 14.5 Å². The molecular weight excluding hydrogens is 414 g/mol. The van der Waals surface area contributed by atoms with Gasteiger partial charge in [0.15, 0.2) is 11.6 Å². The van der Waals surface area contributed by atoms with E-state index in [2.05, 4.69) is 0 Å². The van der Waals surface area contributed by atoms with Gasteiger partial charge in [0.05, 0.1) is 12.2 Å². The fourth-order valence-electron chi connectivity index (χ4n) is 4.36. The summed E-state index contributed by atoms with van der Waals surface area (Å²) in [6, 6.07) is 10.6. The Morgan fingerprint density at radius 1 is 0.844 bits per heavy atom. The van der Waals surface area contributed by atoms with Gasteiger partial charge in [-0.2, -0.15) is 0 Å². The number of halogens is 2. The van der Waals surface area contributed by atoms with E-state index >= 15 is 0 Å². The predicted octanol–water partition coefficient (Wildman–Crippen LogP) is 4.52. The van der Waals surface area contributed by atoms with Crippen molar-refractivity contribution in [2.45, 2.75) is 32.1 Å². The molecule has 2 aromatic rings. The number of likely N-dealkylation sites (tertiary alicyclic amines) is 2. The van der Waals surface area contributed by atoms with Gasteiger partial charge in [-0.15, -0.1) is 0 Å². The van der Waals surface area contributed by atoms with Crippen LogP contribution in [0.3, 0.4) is 0 Å². The second kappa shape index (κ2) is 10.1. The number of hydrogen-bond donors (Lipinski definition) is 0. The summed E-state index contributed by atoms with van der Waals surface area (Å²) in [4.78, 5) is 29.1. The molecule has 0 spiro atoms. The van der Waals surface area contributed by atoms with Gasteiger partial charge in [0, 0.05) is 31.7 Å². The summed E-state index contributed by atoms with van der Waals surface area (Å²) in [6.45, 7) is 3.10. The van der Waals surface area contributed by atoms with Crippen LogP contribution in [-0.2, 0) is 0 Å². The van der Waals surface area contributed by atoms with Gasteiger partial charge in [0.1, 0.15) is 5.75 Å². The van der Waals surface area contributed by atoms with E-state index in [1.807, 2.05) is 29.2 Å². The van der Waals surface area contributed by atoms with E-state index in [4.69, 9.17) is 4.74 Å². The first-order valence-electron chi connectivity index (χ1n) is 11.3. The molecule has 2 aromatic carbocycles.